The van der Waals surface area contributed by atoms with E-state index in [-0.39, 0.29) is 18.5 Å². The fourth-order valence-electron chi connectivity index (χ4n) is 2.35. The Bertz CT molecular complexity index is 603. The molecule has 21 heavy (non-hydrogen) atoms. The van der Waals surface area contributed by atoms with Crippen LogP contribution < -0.4 is 0 Å². The Morgan fingerprint density at radius 3 is 2.48 bits per heavy atom. The van der Waals surface area contributed by atoms with E-state index in [1.165, 1.54) is 6.92 Å². The summed E-state index contributed by atoms with van der Waals surface area (Å²) in [6.45, 7) is 1.92. The molecule has 2 N–H and O–H groups in total. The van der Waals surface area contributed by atoms with Gasteiger partial charge in [0.2, 0.25) is 5.88 Å². The third-order valence-electron chi connectivity index (χ3n) is 3.29. The molecule has 2 aromatic rings. The molecule has 2 rings (SSSR count). The summed E-state index contributed by atoms with van der Waals surface area (Å²) < 4.78 is 41.9. The second-order valence-corrected chi connectivity index (χ2v) is 4.66. The van der Waals surface area contributed by atoms with E-state index in [9.17, 15) is 23.4 Å². The topological polar surface area (TPSA) is 63.2 Å². The maximum absolute atomic E-state index is 13.1. The fourth-order valence-corrected chi connectivity index (χ4v) is 2.35. The van der Waals surface area contributed by atoms with E-state index < -0.39 is 23.5 Å². The summed E-state index contributed by atoms with van der Waals surface area (Å²) in [4.78, 5) is 3.84. The molecule has 0 fully saturated rings. The first-order valence-electron chi connectivity index (χ1n) is 6.52. The van der Waals surface area contributed by atoms with Crippen LogP contribution in [-0.4, -0.2) is 24.3 Å². The van der Waals surface area contributed by atoms with Crippen molar-refractivity contribution >= 4 is 0 Å². The minimum Gasteiger partial charge on any atom is -0.503 e. The highest BCUT2D eigenvalue weighted by Crippen LogP contribution is 2.43. The second kappa shape index (κ2) is 5.71. The fraction of sp³-hybridized carbons (Fsp3) is 0.462. The number of aryl methyl sites for hydroxylation is 1. The van der Waals surface area contributed by atoms with E-state index in [0.717, 1.165) is 4.57 Å². The number of aromatic nitrogens is 3. The van der Waals surface area contributed by atoms with Crippen molar-refractivity contribution in [2.45, 2.75) is 39.0 Å². The molecule has 8 heteroatoms. The number of halogens is 3. The Balaban J connectivity index is 2.25. The maximum Gasteiger partial charge on any atom is 0.431 e. The van der Waals surface area contributed by atoms with Gasteiger partial charge in [0.1, 0.15) is 5.69 Å². The van der Waals surface area contributed by atoms with Crippen LogP contribution in [-0.2, 0) is 25.7 Å². The van der Waals surface area contributed by atoms with Gasteiger partial charge >= 0.3 is 6.18 Å². The van der Waals surface area contributed by atoms with E-state index in [2.05, 4.69) is 4.98 Å². The zero-order chi connectivity index (χ0) is 15.6. The predicted octanol–water partition coefficient (Wildman–Crippen LogP) is 2.77. The molecule has 0 bridgehead atoms. The van der Waals surface area contributed by atoms with Crippen molar-refractivity contribution in [3.05, 3.63) is 30.0 Å². The summed E-state index contributed by atoms with van der Waals surface area (Å²) in [6.07, 6.45) is 0.575. The summed E-state index contributed by atoms with van der Waals surface area (Å²) in [5.74, 6) is -1.42. The molecule has 0 radical (unpaired) electrons. The van der Waals surface area contributed by atoms with Crippen molar-refractivity contribution < 1.29 is 23.4 Å². The number of nitrogens with zero attached hydrogens (tertiary/aromatic N) is 3. The van der Waals surface area contributed by atoms with E-state index in [1.54, 1.807) is 23.3 Å². The molecule has 0 unspecified atom stereocenters. The number of rotatable bonds is 5. The standard InChI is InChI=1S/C13H16F3N3O2/c1-2-9-10(20)12(21)19(11(9)13(14,15)16)6-3-5-18-7-4-17-8-18/h4,7-8,20-21H,2-3,5-6H2,1H3. The number of aromatic hydroxyl groups is 2. The van der Waals surface area contributed by atoms with E-state index in [1.807, 2.05) is 0 Å². The molecule has 2 aromatic heterocycles. The van der Waals surface area contributed by atoms with Crippen molar-refractivity contribution in [3.8, 4) is 11.6 Å². The highest BCUT2D eigenvalue weighted by Gasteiger charge is 2.40. The summed E-state index contributed by atoms with van der Waals surface area (Å²) >= 11 is 0. The molecule has 0 saturated heterocycles. The third-order valence-corrected chi connectivity index (χ3v) is 3.29. The molecule has 2 heterocycles. The zero-order valence-corrected chi connectivity index (χ0v) is 11.4. The van der Waals surface area contributed by atoms with E-state index in [4.69, 9.17) is 0 Å². The third kappa shape index (κ3) is 2.98. The average molecular weight is 303 g/mol. The lowest BCUT2D eigenvalue weighted by Crippen LogP contribution is -2.16. The van der Waals surface area contributed by atoms with Crippen LogP contribution in [0.1, 0.15) is 24.6 Å². The Morgan fingerprint density at radius 1 is 1.24 bits per heavy atom. The molecule has 0 amide bonds. The predicted molar refractivity (Wildman–Crippen MR) is 69.0 cm³/mol. The minimum atomic E-state index is -4.63. The quantitative estimate of drug-likeness (QED) is 0.892. The number of hydrogen-bond donors (Lipinski definition) is 2. The normalized spacial score (nSPS) is 12.0. The monoisotopic (exact) mass is 303 g/mol. The second-order valence-electron chi connectivity index (χ2n) is 4.66. The van der Waals surface area contributed by atoms with Crippen LogP contribution in [0, 0.1) is 0 Å². The van der Waals surface area contributed by atoms with Gasteiger partial charge in [-0.25, -0.2) is 4.98 Å². The lowest BCUT2D eigenvalue weighted by molar-refractivity contribution is -0.144. The van der Waals surface area contributed by atoms with Crippen LogP contribution in [0.3, 0.4) is 0 Å². The molecule has 5 nitrogen and oxygen atoms in total. The lowest BCUT2D eigenvalue weighted by Gasteiger charge is -2.14. The Kier molecular flexibility index (Phi) is 4.15. The molecular weight excluding hydrogens is 287 g/mol. The lowest BCUT2D eigenvalue weighted by atomic mass is 10.1. The average Bonchev–Trinajstić information content (AvgIpc) is 2.99. The number of hydrogen-bond acceptors (Lipinski definition) is 3. The van der Waals surface area contributed by atoms with Crippen LogP contribution in [0.25, 0.3) is 0 Å². The number of imidazole rings is 1. The minimum absolute atomic E-state index is 0.0112. The maximum atomic E-state index is 13.1. The van der Waals surface area contributed by atoms with Crippen LogP contribution in [0.15, 0.2) is 18.7 Å². The van der Waals surface area contributed by atoms with Crippen LogP contribution in [0.2, 0.25) is 0 Å². The molecule has 0 aliphatic carbocycles. The summed E-state index contributed by atoms with van der Waals surface area (Å²) in [5.41, 5.74) is -1.26. The van der Waals surface area contributed by atoms with E-state index in [0.29, 0.717) is 13.0 Å². The first kappa shape index (κ1) is 15.3. The molecule has 0 aliphatic rings. The van der Waals surface area contributed by atoms with Gasteiger partial charge in [0.05, 0.1) is 6.33 Å². The van der Waals surface area contributed by atoms with E-state index >= 15 is 0 Å². The van der Waals surface area contributed by atoms with Crippen molar-refractivity contribution in [1.29, 1.82) is 0 Å². The summed E-state index contributed by atoms with van der Waals surface area (Å²) in [7, 11) is 0. The molecule has 116 valence electrons. The summed E-state index contributed by atoms with van der Waals surface area (Å²) in [5, 5.41) is 19.4. The first-order chi connectivity index (χ1) is 9.86. The molecular formula is C13H16F3N3O2. The largest absolute Gasteiger partial charge is 0.503 e. The molecule has 0 spiro atoms. The number of alkyl halides is 3. The van der Waals surface area contributed by atoms with Gasteiger partial charge in [-0.05, 0) is 12.8 Å². The van der Waals surface area contributed by atoms with Gasteiger partial charge in [0.15, 0.2) is 5.75 Å². The molecule has 0 aliphatic heterocycles. The van der Waals surface area contributed by atoms with Crippen molar-refractivity contribution in [2.75, 3.05) is 0 Å². The Morgan fingerprint density at radius 2 is 1.95 bits per heavy atom. The Hall–Kier alpha value is -2.12. The van der Waals surface area contributed by atoms with Crippen molar-refractivity contribution in [3.63, 3.8) is 0 Å². The smallest absolute Gasteiger partial charge is 0.431 e. The SMILES string of the molecule is CCc1c(O)c(O)n(CCCn2ccnc2)c1C(F)(F)F. The van der Waals surface area contributed by atoms with Crippen LogP contribution in [0.4, 0.5) is 13.2 Å². The van der Waals surface area contributed by atoms with Gasteiger partial charge in [0.25, 0.3) is 0 Å². The zero-order valence-electron chi connectivity index (χ0n) is 11.4. The van der Waals surface area contributed by atoms with Crippen molar-refractivity contribution in [1.82, 2.24) is 14.1 Å². The molecule has 0 atom stereocenters. The van der Waals surface area contributed by atoms with Gasteiger partial charge in [-0.1, -0.05) is 6.92 Å². The van der Waals surface area contributed by atoms with Crippen LogP contribution >= 0.6 is 0 Å². The van der Waals surface area contributed by atoms with Gasteiger partial charge < -0.3 is 19.3 Å². The van der Waals surface area contributed by atoms with Crippen LogP contribution in [0.5, 0.6) is 11.6 Å². The van der Waals surface area contributed by atoms with Crippen molar-refractivity contribution in [2.24, 2.45) is 0 Å². The highest BCUT2D eigenvalue weighted by molar-refractivity contribution is 5.48. The summed E-state index contributed by atoms with van der Waals surface area (Å²) in [6, 6.07) is 0. The molecule has 0 aromatic carbocycles. The van der Waals surface area contributed by atoms with Gasteiger partial charge in [-0.3, -0.25) is 0 Å². The highest BCUT2D eigenvalue weighted by atomic mass is 19.4. The molecule has 0 saturated carbocycles. The van der Waals surface area contributed by atoms with Gasteiger partial charge in [-0.2, -0.15) is 13.2 Å². The van der Waals surface area contributed by atoms with Gasteiger partial charge in [0, 0.05) is 31.0 Å². The Labute approximate surface area is 119 Å². The first-order valence-corrected chi connectivity index (χ1v) is 6.52. The van der Waals surface area contributed by atoms with Gasteiger partial charge in [-0.15, -0.1) is 0 Å².